The standard InChI is InChI=1S/C7H14O2.C6H12O2/c1-4-5(2)6(3)7(8)9;1-4-6(2,3)5(7)8/h5-6H,4H2,1-3H3,(H,8,9);4H2,1-3H3,(H,7,8). The number of carboxylic acids is 2. The summed E-state index contributed by atoms with van der Waals surface area (Å²) in [5.74, 6) is -1.32. The topological polar surface area (TPSA) is 74.6 Å². The van der Waals surface area contributed by atoms with Crippen LogP contribution in [-0.2, 0) is 9.59 Å². The molecule has 0 aliphatic rings. The maximum atomic E-state index is 10.3. The van der Waals surface area contributed by atoms with Gasteiger partial charge in [-0.3, -0.25) is 9.59 Å². The van der Waals surface area contributed by atoms with Crippen molar-refractivity contribution in [3.05, 3.63) is 0 Å². The minimum atomic E-state index is -0.722. The SMILES string of the molecule is CCC(C)(C)C(=O)O.CCC(C)C(C)C(=O)O. The molecule has 0 radical (unpaired) electrons. The second-order valence-corrected chi connectivity index (χ2v) is 5.06. The Morgan fingerprint density at radius 1 is 1.12 bits per heavy atom. The van der Waals surface area contributed by atoms with Crippen molar-refractivity contribution in [2.24, 2.45) is 17.3 Å². The molecule has 0 saturated carbocycles. The van der Waals surface area contributed by atoms with Gasteiger partial charge in [-0.2, -0.15) is 0 Å². The Morgan fingerprint density at radius 3 is 1.59 bits per heavy atom. The minimum Gasteiger partial charge on any atom is -0.481 e. The number of hydrogen-bond donors (Lipinski definition) is 2. The fourth-order valence-corrected chi connectivity index (χ4v) is 0.748. The average molecular weight is 246 g/mol. The first-order chi connectivity index (χ1) is 7.60. The molecule has 17 heavy (non-hydrogen) atoms. The fraction of sp³-hybridized carbons (Fsp3) is 0.846. The zero-order valence-corrected chi connectivity index (χ0v) is 11.8. The lowest BCUT2D eigenvalue weighted by atomic mass is 9.91. The highest BCUT2D eigenvalue weighted by Crippen LogP contribution is 2.18. The van der Waals surface area contributed by atoms with Gasteiger partial charge in [-0.15, -0.1) is 0 Å². The second kappa shape index (κ2) is 8.09. The van der Waals surface area contributed by atoms with Gasteiger partial charge >= 0.3 is 11.9 Å². The molecule has 0 spiro atoms. The number of rotatable bonds is 5. The zero-order chi connectivity index (χ0) is 14.2. The van der Waals surface area contributed by atoms with Crippen molar-refractivity contribution in [3.8, 4) is 0 Å². The van der Waals surface area contributed by atoms with E-state index in [0.29, 0.717) is 12.3 Å². The molecule has 0 bridgehead atoms. The number of carboxylic acid groups (broad SMARTS) is 2. The van der Waals surface area contributed by atoms with E-state index < -0.39 is 17.4 Å². The number of aliphatic carboxylic acids is 2. The van der Waals surface area contributed by atoms with Crippen molar-refractivity contribution in [2.75, 3.05) is 0 Å². The summed E-state index contributed by atoms with van der Waals surface area (Å²) in [6.45, 7) is 11.0. The third-order valence-corrected chi connectivity index (χ3v) is 3.35. The molecule has 0 aliphatic carbocycles. The van der Waals surface area contributed by atoms with Crippen molar-refractivity contribution in [1.29, 1.82) is 0 Å². The molecule has 0 aliphatic heterocycles. The van der Waals surface area contributed by atoms with E-state index in [9.17, 15) is 9.59 Å². The van der Waals surface area contributed by atoms with Gasteiger partial charge in [0.25, 0.3) is 0 Å². The number of hydrogen-bond acceptors (Lipinski definition) is 2. The second-order valence-electron chi connectivity index (χ2n) is 5.06. The molecule has 0 aromatic carbocycles. The monoisotopic (exact) mass is 246 g/mol. The molecule has 102 valence electrons. The molecule has 0 aromatic heterocycles. The van der Waals surface area contributed by atoms with E-state index in [1.165, 1.54) is 0 Å². The van der Waals surface area contributed by atoms with Crippen molar-refractivity contribution in [1.82, 2.24) is 0 Å². The van der Waals surface area contributed by atoms with Gasteiger partial charge in [0.05, 0.1) is 11.3 Å². The quantitative estimate of drug-likeness (QED) is 0.780. The lowest BCUT2D eigenvalue weighted by molar-refractivity contribution is -0.147. The molecule has 2 atom stereocenters. The Bertz CT molecular complexity index is 246. The van der Waals surface area contributed by atoms with Crippen LogP contribution in [0.3, 0.4) is 0 Å². The molecule has 0 fully saturated rings. The van der Waals surface area contributed by atoms with Crippen LogP contribution in [0.4, 0.5) is 0 Å². The van der Waals surface area contributed by atoms with Gasteiger partial charge in [-0.05, 0) is 26.2 Å². The summed E-state index contributed by atoms with van der Waals surface area (Å²) in [5.41, 5.74) is -0.542. The molecule has 0 heterocycles. The molecule has 0 aromatic rings. The summed E-state index contributed by atoms with van der Waals surface area (Å²) in [7, 11) is 0. The van der Waals surface area contributed by atoms with E-state index in [0.717, 1.165) is 6.42 Å². The average Bonchev–Trinajstić information content (AvgIpc) is 2.27. The highest BCUT2D eigenvalue weighted by molar-refractivity contribution is 5.73. The van der Waals surface area contributed by atoms with Gasteiger partial charge in [0.1, 0.15) is 0 Å². The first-order valence-electron chi connectivity index (χ1n) is 6.06. The van der Waals surface area contributed by atoms with Crippen molar-refractivity contribution >= 4 is 11.9 Å². The van der Waals surface area contributed by atoms with Gasteiger partial charge in [0, 0.05) is 0 Å². The van der Waals surface area contributed by atoms with E-state index in [1.54, 1.807) is 20.8 Å². The van der Waals surface area contributed by atoms with Crippen LogP contribution in [0.2, 0.25) is 0 Å². The van der Waals surface area contributed by atoms with Crippen LogP contribution in [0.5, 0.6) is 0 Å². The zero-order valence-electron chi connectivity index (χ0n) is 11.8. The van der Waals surface area contributed by atoms with Gasteiger partial charge in [0.15, 0.2) is 0 Å². The van der Waals surface area contributed by atoms with Crippen LogP contribution in [0.15, 0.2) is 0 Å². The summed E-state index contributed by atoms with van der Waals surface area (Å²) >= 11 is 0. The fourth-order valence-electron chi connectivity index (χ4n) is 0.748. The van der Waals surface area contributed by atoms with E-state index in [-0.39, 0.29) is 5.92 Å². The van der Waals surface area contributed by atoms with Crippen LogP contribution in [-0.4, -0.2) is 22.2 Å². The van der Waals surface area contributed by atoms with E-state index >= 15 is 0 Å². The van der Waals surface area contributed by atoms with Crippen molar-refractivity contribution in [3.63, 3.8) is 0 Å². The molecular weight excluding hydrogens is 220 g/mol. The van der Waals surface area contributed by atoms with Gasteiger partial charge in [-0.1, -0.05) is 34.1 Å². The number of carbonyl (C=O) groups is 2. The summed E-state index contributed by atoms with van der Waals surface area (Å²) in [5, 5.41) is 16.9. The highest BCUT2D eigenvalue weighted by Gasteiger charge is 2.23. The molecule has 2 N–H and O–H groups in total. The van der Waals surface area contributed by atoms with E-state index in [4.69, 9.17) is 10.2 Å². The normalized spacial score (nSPS) is 14.2. The first-order valence-corrected chi connectivity index (χ1v) is 6.06. The molecule has 0 amide bonds. The molecule has 4 heteroatoms. The lowest BCUT2D eigenvalue weighted by Crippen LogP contribution is -2.21. The first kappa shape index (κ1) is 18.3. The van der Waals surface area contributed by atoms with Gasteiger partial charge < -0.3 is 10.2 Å². The van der Waals surface area contributed by atoms with E-state index in [1.807, 2.05) is 20.8 Å². The van der Waals surface area contributed by atoms with Crippen LogP contribution in [0, 0.1) is 17.3 Å². The van der Waals surface area contributed by atoms with E-state index in [2.05, 4.69) is 0 Å². The third-order valence-electron chi connectivity index (χ3n) is 3.35. The summed E-state index contributed by atoms with van der Waals surface area (Å²) in [4.78, 5) is 20.6. The minimum absolute atomic E-state index is 0.199. The van der Waals surface area contributed by atoms with Crippen LogP contribution in [0.25, 0.3) is 0 Å². The maximum absolute atomic E-state index is 10.3. The Kier molecular flexibility index (Phi) is 8.72. The third kappa shape index (κ3) is 7.77. The maximum Gasteiger partial charge on any atom is 0.309 e. The predicted molar refractivity (Wildman–Crippen MR) is 68.0 cm³/mol. The summed E-state index contributed by atoms with van der Waals surface area (Å²) in [6, 6.07) is 0. The Balaban J connectivity index is 0. The van der Waals surface area contributed by atoms with Crippen LogP contribution >= 0.6 is 0 Å². The lowest BCUT2D eigenvalue weighted by Gasteiger charge is -2.14. The highest BCUT2D eigenvalue weighted by atomic mass is 16.4. The van der Waals surface area contributed by atoms with Crippen LogP contribution in [0.1, 0.15) is 54.4 Å². The molecule has 0 saturated heterocycles. The Morgan fingerprint density at radius 2 is 1.53 bits per heavy atom. The van der Waals surface area contributed by atoms with Gasteiger partial charge in [-0.25, -0.2) is 0 Å². The summed E-state index contributed by atoms with van der Waals surface area (Å²) in [6.07, 6.45) is 1.62. The summed E-state index contributed by atoms with van der Waals surface area (Å²) < 4.78 is 0. The van der Waals surface area contributed by atoms with Gasteiger partial charge in [0.2, 0.25) is 0 Å². The smallest absolute Gasteiger partial charge is 0.309 e. The van der Waals surface area contributed by atoms with Crippen LogP contribution < -0.4 is 0 Å². The molecule has 4 nitrogen and oxygen atoms in total. The molecule has 0 rings (SSSR count). The van der Waals surface area contributed by atoms with Crippen molar-refractivity contribution < 1.29 is 19.8 Å². The molecule has 2 unspecified atom stereocenters. The predicted octanol–water partition coefficient (Wildman–Crippen LogP) is 3.26. The molecular formula is C13H26O4. The van der Waals surface area contributed by atoms with Crippen molar-refractivity contribution in [2.45, 2.75) is 54.4 Å². The largest absolute Gasteiger partial charge is 0.481 e. The Labute approximate surface area is 104 Å². The Hall–Kier alpha value is -1.06.